The predicted octanol–water partition coefficient (Wildman–Crippen LogP) is 5.78. The molecule has 1 atom stereocenters. The van der Waals surface area contributed by atoms with Crippen LogP contribution in [0, 0.1) is 6.92 Å². The van der Waals surface area contributed by atoms with E-state index in [1.807, 2.05) is 73.8 Å². The number of carbonyl (C=O) groups is 2. The highest BCUT2D eigenvalue weighted by molar-refractivity contribution is 7.13. The second-order valence-corrected chi connectivity index (χ2v) is 8.48. The van der Waals surface area contributed by atoms with Crippen LogP contribution in [0.25, 0.3) is 10.8 Å². The zero-order chi connectivity index (χ0) is 23.2. The summed E-state index contributed by atoms with van der Waals surface area (Å²) < 4.78 is 5.71. The molecule has 3 N–H and O–H groups in total. The van der Waals surface area contributed by atoms with Crippen molar-refractivity contribution in [2.75, 3.05) is 10.6 Å². The number of amides is 3. The third kappa shape index (κ3) is 5.87. The van der Waals surface area contributed by atoms with Crippen molar-refractivity contribution in [1.82, 2.24) is 10.3 Å². The molecule has 2 aromatic carbocycles. The minimum Gasteiger partial charge on any atom is -0.440 e. The number of nitrogens with zero attached hydrogens (tertiary/aromatic N) is 1. The molecule has 2 aromatic heterocycles. The van der Waals surface area contributed by atoms with Gasteiger partial charge in [0, 0.05) is 11.4 Å². The minimum absolute atomic E-state index is 0.138. The number of aromatic nitrogens is 1. The van der Waals surface area contributed by atoms with Gasteiger partial charge in [-0.25, -0.2) is 9.78 Å². The van der Waals surface area contributed by atoms with Crippen LogP contribution in [0.2, 0.25) is 0 Å². The van der Waals surface area contributed by atoms with Crippen molar-refractivity contribution in [3.8, 4) is 10.8 Å². The first-order chi connectivity index (χ1) is 16.0. The van der Waals surface area contributed by atoms with Gasteiger partial charge in [0.15, 0.2) is 0 Å². The Bertz CT molecular complexity index is 1220. The number of urea groups is 1. The number of para-hydroxylation sites is 1. The van der Waals surface area contributed by atoms with Crippen molar-refractivity contribution < 1.29 is 14.0 Å². The number of carbonyl (C=O) groups excluding carboxylic acids is 2. The van der Waals surface area contributed by atoms with Crippen LogP contribution < -0.4 is 16.0 Å². The maximum atomic E-state index is 12.6. The standard InChI is InChI=1S/C25H24N4O3S/c1-16(26-23(30)15-21-17(2)32-24(29-21)22-9-6-14-33-22)18-10-12-20(13-11-18)28-25(31)27-19-7-4-3-5-8-19/h3-14,16H,15H2,1-2H3,(H,26,30)(H2,27,28,31). The lowest BCUT2D eigenvalue weighted by Gasteiger charge is -2.15. The number of hydrogen-bond acceptors (Lipinski definition) is 5. The fourth-order valence-electron chi connectivity index (χ4n) is 3.30. The van der Waals surface area contributed by atoms with Crippen LogP contribution >= 0.6 is 11.3 Å². The Balaban J connectivity index is 1.30. The Morgan fingerprint density at radius 2 is 1.67 bits per heavy atom. The third-order valence-electron chi connectivity index (χ3n) is 5.03. The Morgan fingerprint density at radius 3 is 2.33 bits per heavy atom. The topological polar surface area (TPSA) is 96.3 Å². The first-order valence-corrected chi connectivity index (χ1v) is 11.4. The molecule has 3 amide bonds. The molecule has 0 aliphatic rings. The van der Waals surface area contributed by atoms with Crippen LogP contribution in [0.15, 0.2) is 76.5 Å². The van der Waals surface area contributed by atoms with Crippen molar-refractivity contribution in [1.29, 1.82) is 0 Å². The fraction of sp³-hybridized carbons (Fsp3) is 0.160. The summed E-state index contributed by atoms with van der Waals surface area (Å²) in [5, 5.41) is 10.5. The number of rotatable bonds is 7. The van der Waals surface area contributed by atoms with Gasteiger partial charge in [0.05, 0.1) is 23.0 Å². The SMILES string of the molecule is Cc1oc(-c2cccs2)nc1CC(=O)NC(C)c1ccc(NC(=O)Nc2ccccc2)cc1. The van der Waals surface area contributed by atoms with E-state index in [0.29, 0.717) is 28.7 Å². The molecule has 0 aliphatic carbocycles. The normalized spacial score (nSPS) is 11.6. The summed E-state index contributed by atoms with van der Waals surface area (Å²) >= 11 is 1.54. The van der Waals surface area contributed by atoms with Crippen LogP contribution in [-0.2, 0) is 11.2 Å². The van der Waals surface area contributed by atoms with Gasteiger partial charge in [0.2, 0.25) is 11.8 Å². The number of nitrogens with one attached hydrogen (secondary N) is 3. The fourth-order valence-corrected chi connectivity index (χ4v) is 3.94. The molecule has 0 spiro atoms. The van der Waals surface area contributed by atoms with Gasteiger partial charge >= 0.3 is 6.03 Å². The zero-order valence-electron chi connectivity index (χ0n) is 18.3. The molecule has 0 fully saturated rings. The summed E-state index contributed by atoms with van der Waals surface area (Å²) in [6.07, 6.45) is 0.143. The van der Waals surface area contributed by atoms with Gasteiger partial charge in [-0.05, 0) is 55.1 Å². The summed E-state index contributed by atoms with van der Waals surface area (Å²) in [5.41, 5.74) is 2.93. The molecule has 7 nitrogen and oxygen atoms in total. The van der Waals surface area contributed by atoms with Gasteiger partial charge in [-0.3, -0.25) is 4.79 Å². The molecule has 33 heavy (non-hydrogen) atoms. The van der Waals surface area contributed by atoms with Crippen molar-refractivity contribution >= 4 is 34.6 Å². The highest BCUT2D eigenvalue weighted by Gasteiger charge is 2.17. The molecule has 8 heteroatoms. The van der Waals surface area contributed by atoms with Crippen molar-refractivity contribution in [3.05, 3.63) is 89.1 Å². The maximum Gasteiger partial charge on any atom is 0.323 e. The van der Waals surface area contributed by atoms with Gasteiger partial charge in [-0.1, -0.05) is 36.4 Å². The summed E-state index contributed by atoms with van der Waals surface area (Å²) in [5.74, 6) is 1.05. The van der Waals surface area contributed by atoms with Gasteiger partial charge in [-0.2, -0.15) is 0 Å². The van der Waals surface area contributed by atoms with Gasteiger partial charge in [-0.15, -0.1) is 11.3 Å². The van der Waals surface area contributed by atoms with E-state index in [0.717, 1.165) is 10.4 Å². The van der Waals surface area contributed by atoms with E-state index in [-0.39, 0.29) is 24.4 Å². The lowest BCUT2D eigenvalue weighted by molar-refractivity contribution is -0.121. The molecule has 0 aliphatic heterocycles. The third-order valence-corrected chi connectivity index (χ3v) is 5.89. The van der Waals surface area contributed by atoms with Crippen LogP contribution in [0.1, 0.15) is 30.0 Å². The molecule has 1 unspecified atom stereocenters. The van der Waals surface area contributed by atoms with Gasteiger partial charge < -0.3 is 20.4 Å². The second kappa shape index (κ2) is 10.1. The van der Waals surface area contributed by atoms with Crippen LogP contribution in [0.5, 0.6) is 0 Å². The lowest BCUT2D eigenvalue weighted by Crippen LogP contribution is -2.28. The Labute approximate surface area is 195 Å². The molecule has 4 aromatic rings. The Hall–Kier alpha value is -3.91. The zero-order valence-corrected chi connectivity index (χ0v) is 19.1. The Morgan fingerprint density at radius 1 is 0.970 bits per heavy atom. The number of thiophene rings is 1. The van der Waals surface area contributed by atoms with E-state index in [2.05, 4.69) is 20.9 Å². The summed E-state index contributed by atoms with van der Waals surface area (Å²) in [6, 6.07) is 19.9. The Kier molecular flexibility index (Phi) is 6.85. The average Bonchev–Trinajstić information content (AvgIpc) is 3.45. The van der Waals surface area contributed by atoms with Crippen molar-refractivity contribution in [3.63, 3.8) is 0 Å². The number of oxazole rings is 1. The molecule has 168 valence electrons. The highest BCUT2D eigenvalue weighted by Crippen LogP contribution is 2.26. The van der Waals surface area contributed by atoms with E-state index >= 15 is 0 Å². The van der Waals surface area contributed by atoms with Crippen LogP contribution in [0.3, 0.4) is 0 Å². The van der Waals surface area contributed by atoms with E-state index in [4.69, 9.17) is 4.42 Å². The highest BCUT2D eigenvalue weighted by atomic mass is 32.1. The number of anilines is 2. The number of hydrogen-bond donors (Lipinski definition) is 3. The van der Waals surface area contributed by atoms with Gasteiger partial charge in [0.1, 0.15) is 5.76 Å². The quantitative estimate of drug-likeness (QED) is 0.326. The summed E-state index contributed by atoms with van der Waals surface area (Å²) in [4.78, 5) is 30.1. The molecule has 2 heterocycles. The molecular formula is C25H24N4O3S. The van der Waals surface area contributed by atoms with Crippen molar-refractivity contribution in [2.45, 2.75) is 26.3 Å². The maximum absolute atomic E-state index is 12.6. The first-order valence-electron chi connectivity index (χ1n) is 10.5. The van der Waals surface area contributed by atoms with E-state index < -0.39 is 0 Å². The molecule has 0 bridgehead atoms. The van der Waals surface area contributed by atoms with E-state index in [9.17, 15) is 9.59 Å². The average molecular weight is 461 g/mol. The van der Waals surface area contributed by atoms with Gasteiger partial charge in [0.25, 0.3) is 0 Å². The largest absolute Gasteiger partial charge is 0.440 e. The number of aryl methyl sites for hydroxylation is 1. The predicted molar refractivity (Wildman–Crippen MR) is 130 cm³/mol. The summed E-state index contributed by atoms with van der Waals surface area (Å²) in [6.45, 7) is 3.73. The summed E-state index contributed by atoms with van der Waals surface area (Å²) in [7, 11) is 0. The number of benzene rings is 2. The monoisotopic (exact) mass is 460 g/mol. The van der Waals surface area contributed by atoms with E-state index in [1.165, 1.54) is 0 Å². The van der Waals surface area contributed by atoms with E-state index in [1.54, 1.807) is 23.5 Å². The minimum atomic E-state index is -0.319. The molecule has 0 saturated carbocycles. The molecule has 0 radical (unpaired) electrons. The lowest BCUT2D eigenvalue weighted by atomic mass is 10.1. The van der Waals surface area contributed by atoms with Crippen molar-refractivity contribution in [2.24, 2.45) is 0 Å². The molecule has 0 saturated heterocycles. The smallest absolute Gasteiger partial charge is 0.323 e. The molecular weight excluding hydrogens is 436 g/mol. The second-order valence-electron chi connectivity index (χ2n) is 7.53. The molecule has 4 rings (SSSR count). The van der Waals surface area contributed by atoms with Crippen LogP contribution in [0.4, 0.5) is 16.2 Å². The first kappa shape index (κ1) is 22.3. The van der Waals surface area contributed by atoms with Crippen LogP contribution in [-0.4, -0.2) is 16.9 Å².